The number of hydrogen-bond donors (Lipinski definition) is 4. The van der Waals surface area contributed by atoms with Crippen molar-refractivity contribution >= 4 is 34.3 Å². The third kappa shape index (κ3) is 7.30. The summed E-state index contributed by atoms with van der Waals surface area (Å²) in [4.78, 5) is 28.0. The molecule has 0 bridgehead atoms. The van der Waals surface area contributed by atoms with Crippen LogP contribution in [0.2, 0.25) is 5.02 Å². The average molecular weight is 723 g/mol. The van der Waals surface area contributed by atoms with Gasteiger partial charge in [-0.2, -0.15) is 0 Å². The van der Waals surface area contributed by atoms with Gasteiger partial charge in [-0.05, 0) is 36.6 Å². The Labute approximate surface area is 308 Å². The number of nitrogens with zero attached hydrogens (tertiary/aromatic N) is 2. The second kappa shape index (κ2) is 15.6. The monoisotopic (exact) mass is 722 g/mol. The van der Waals surface area contributed by atoms with E-state index in [1.54, 1.807) is 21.3 Å². The third-order valence-electron chi connectivity index (χ3n) is 9.87. The second-order valence-electron chi connectivity index (χ2n) is 13.2. The molecule has 3 aromatic carbocycles. The van der Waals surface area contributed by atoms with Crippen molar-refractivity contribution in [2.45, 2.75) is 50.9 Å². The van der Waals surface area contributed by atoms with Gasteiger partial charge in [0.15, 0.2) is 0 Å². The Morgan fingerprint density at radius 3 is 2.06 bits per heavy atom. The number of ether oxygens (including phenoxy) is 3. The minimum Gasteiger partial charge on any atom is -0.496 e. The van der Waals surface area contributed by atoms with Crippen LogP contribution < -0.4 is 35.5 Å². The van der Waals surface area contributed by atoms with E-state index in [0.29, 0.717) is 67.1 Å². The maximum absolute atomic E-state index is 11.6. The van der Waals surface area contributed by atoms with Gasteiger partial charge in [0, 0.05) is 91.5 Å². The lowest BCUT2D eigenvalue weighted by Gasteiger charge is -2.18. The van der Waals surface area contributed by atoms with E-state index in [2.05, 4.69) is 44.0 Å². The van der Waals surface area contributed by atoms with Gasteiger partial charge in [0.05, 0.1) is 48.8 Å². The average Bonchev–Trinajstić information content (AvgIpc) is 3.91. The summed E-state index contributed by atoms with van der Waals surface area (Å²) in [7, 11) is 4.94. The van der Waals surface area contributed by atoms with Crippen LogP contribution in [0, 0.1) is 0 Å². The fraction of sp³-hybridized carbons (Fsp3) is 0.325. The van der Waals surface area contributed by atoms with Gasteiger partial charge in [0.25, 0.3) is 0 Å². The van der Waals surface area contributed by atoms with E-state index in [9.17, 15) is 9.59 Å². The summed E-state index contributed by atoms with van der Waals surface area (Å²) in [6, 6.07) is 22.6. The molecule has 2 fully saturated rings. The van der Waals surface area contributed by atoms with Gasteiger partial charge in [-0.3, -0.25) is 9.59 Å². The molecule has 4 heterocycles. The Kier molecular flexibility index (Phi) is 10.6. The number of hydrogen-bond acceptors (Lipinski definition) is 8. The number of carbonyl (C=O) groups is 2. The molecule has 52 heavy (non-hydrogen) atoms. The van der Waals surface area contributed by atoms with Crippen LogP contribution in [0.3, 0.4) is 0 Å². The number of fused-ring (bicyclic) bond motifs is 1. The number of aromatic nitrogens is 2. The quantitative estimate of drug-likeness (QED) is 0.114. The topological polar surface area (TPSA) is 128 Å². The minimum absolute atomic E-state index is 0.101. The number of carbonyl (C=O) groups excluding carboxylic acids is 2. The number of pyridine rings is 1. The number of benzene rings is 3. The molecular weight excluding hydrogens is 680 g/mol. The van der Waals surface area contributed by atoms with E-state index in [1.807, 2.05) is 54.7 Å². The van der Waals surface area contributed by atoms with Gasteiger partial charge < -0.3 is 40.0 Å². The molecule has 0 saturated carbocycles. The molecule has 0 unspecified atom stereocenters. The predicted molar refractivity (Wildman–Crippen MR) is 202 cm³/mol. The maximum atomic E-state index is 11.6. The molecular formula is C40H43ClN6O5. The first kappa shape index (κ1) is 35.3. The molecule has 12 heteroatoms. The Hall–Kier alpha value is -5.10. The summed E-state index contributed by atoms with van der Waals surface area (Å²) in [6.07, 6.45) is 4.86. The van der Waals surface area contributed by atoms with Crippen molar-refractivity contribution in [3.05, 3.63) is 89.1 Å². The van der Waals surface area contributed by atoms with Crippen molar-refractivity contribution in [2.24, 2.45) is 0 Å². The predicted octanol–water partition coefficient (Wildman–Crippen LogP) is 5.78. The Morgan fingerprint density at radius 2 is 1.42 bits per heavy atom. The fourth-order valence-electron chi connectivity index (χ4n) is 7.19. The zero-order chi connectivity index (χ0) is 36.2. The molecule has 270 valence electrons. The van der Waals surface area contributed by atoms with Crippen LogP contribution in [-0.4, -0.2) is 67.9 Å². The second-order valence-corrected chi connectivity index (χ2v) is 13.5. The Bertz CT molecular complexity index is 2090. The van der Waals surface area contributed by atoms with Crippen LogP contribution in [0.5, 0.6) is 17.4 Å². The SMILES string of the molecule is COc1cc(-n2ccc3c(-c4cccc(-c5ccc(CNC[C@@H]6CCC(=O)N6)c(OC)n5)c4Cl)cccc32)cc(OC)c1CNC[C@@H]1CCC(=O)N1. The zero-order valence-electron chi connectivity index (χ0n) is 29.6. The molecule has 2 saturated heterocycles. The highest BCUT2D eigenvalue weighted by molar-refractivity contribution is 6.36. The van der Waals surface area contributed by atoms with E-state index < -0.39 is 0 Å². The van der Waals surface area contributed by atoms with Gasteiger partial charge in [-0.25, -0.2) is 4.98 Å². The molecule has 2 aromatic heterocycles. The Morgan fingerprint density at radius 1 is 0.788 bits per heavy atom. The van der Waals surface area contributed by atoms with Gasteiger partial charge >= 0.3 is 0 Å². The molecule has 0 spiro atoms. The van der Waals surface area contributed by atoms with Crippen LogP contribution in [0.15, 0.2) is 72.9 Å². The lowest BCUT2D eigenvalue weighted by atomic mass is 9.98. The lowest BCUT2D eigenvalue weighted by Crippen LogP contribution is -2.35. The first-order valence-electron chi connectivity index (χ1n) is 17.6. The van der Waals surface area contributed by atoms with Crippen LogP contribution in [0.1, 0.15) is 36.8 Å². The summed E-state index contributed by atoms with van der Waals surface area (Å²) in [6.45, 7) is 2.45. The fourth-order valence-corrected chi connectivity index (χ4v) is 7.52. The van der Waals surface area contributed by atoms with Crippen LogP contribution >= 0.6 is 11.6 Å². The van der Waals surface area contributed by atoms with Gasteiger partial charge in [-0.15, -0.1) is 0 Å². The molecule has 0 radical (unpaired) electrons. The molecule has 4 N–H and O–H groups in total. The molecule has 7 rings (SSSR count). The van der Waals surface area contributed by atoms with Crippen molar-refractivity contribution in [1.82, 2.24) is 30.8 Å². The number of halogens is 1. The van der Waals surface area contributed by atoms with Gasteiger partial charge in [0.2, 0.25) is 17.7 Å². The highest BCUT2D eigenvalue weighted by Gasteiger charge is 2.23. The van der Waals surface area contributed by atoms with Crippen LogP contribution in [0.25, 0.3) is 39.0 Å². The largest absolute Gasteiger partial charge is 0.496 e. The van der Waals surface area contributed by atoms with E-state index in [-0.39, 0.29) is 23.9 Å². The lowest BCUT2D eigenvalue weighted by molar-refractivity contribution is -0.120. The smallest absolute Gasteiger partial charge is 0.220 e. The molecule has 5 aromatic rings. The van der Waals surface area contributed by atoms with Crippen LogP contribution in [0.4, 0.5) is 0 Å². The van der Waals surface area contributed by atoms with Gasteiger partial charge in [0.1, 0.15) is 11.5 Å². The summed E-state index contributed by atoms with van der Waals surface area (Å²) in [5.41, 5.74) is 7.12. The standard InChI is InChI=1S/C40H43ClN6O5/c1-50-35-18-27(19-36(51-2)32(35)23-43-22-26-12-15-38(49)45-26)47-17-16-29-28(6-5-9-34(29)47)30-7-4-8-31(39(30)41)33-13-10-24(40(46-33)52-3)20-42-21-25-11-14-37(48)44-25/h4-10,13,16-19,25-26,42-43H,11-12,14-15,20-23H2,1-3H3,(H,44,48)(H,45,49)/t25-,26-/m0/s1. The van der Waals surface area contributed by atoms with Crippen LogP contribution in [-0.2, 0) is 22.7 Å². The van der Waals surface area contributed by atoms with E-state index in [0.717, 1.165) is 57.2 Å². The van der Waals surface area contributed by atoms with Crippen molar-refractivity contribution in [1.29, 1.82) is 0 Å². The van der Waals surface area contributed by atoms with E-state index in [4.69, 9.17) is 30.8 Å². The number of nitrogens with one attached hydrogen (secondary N) is 4. The first-order chi connectivity index (χ1) is 25.4. The molecule has 2 aliphatic heterocycles. The van der Waals surface area contributed by atoms with E-state index in [1.165, 1.54) is 0 Å². The molecule has 2 aliphatic rings. The maximum Gasteiger partial charge on any atom is 0.220 e. The van der Waals surface area contributed by atoms with E-state index >= 15 is 0 Å². The molecule has 2 atom stereocenters. The van der Waals surface area contributed by atoms with Crippen molar-refractivity contribution < 1.29 is 23.8 Å². The molecule has 2 amide bonds. The normalized spacial score (nSPS) is 17.0. The summed E-state index contributed by atoms with van der Waals surface area (Å²) < 4.78 is 19.5. The third-order valence-corrected chi connectivity index (χ3v) is 10.3. The Balaban J connectivity index is 1.14. The van der Waals surface area contributed by atoms with Crippen molar-refractivity contribution in [3.63, 3.8) is 0 Å². The summed E-state index contributed by atoms with van der Waals surface area (Å²) in [5.74, 6) is 2.14. The number of amides is 2. The first-order valence-corrected chi connectivity index (χ1v) is 17.9. The van der Waals surface area contributed by atoms with Gasteiger partial charge in [-0.1, -0.05) is 48.0 Å². The highest BCUT2D eigenvalue weighted by Crippen LogP contribution is 2.41. The zero-order valence-corrected chi connectivity index (χ0v) is 30.3. The summed E-state index contributed by atoms with van der Waals surface area (Å²) >= 11 is 7.20. The number of rotatable bonds is 14. The summed E-state index contributed by atoms with van der Waals surface area (Å²) in [5, 5.41) is 14.5. The number of methoxy groups -OCH3 is 3. The van der Waals surface area contributed by atoms with Crippen molar-refractivity contribution in [3.8, 4) is 45.5 Å². The van der Waals surface area contributed by atoms with Crippen molar-refractivity contribution in [2.75, 3.05) is 34.4 Å². The minimum atomic E-state index is 0.101. The molecule has 0 aliphatic carbocycles. The highest BCUT2D eigenvalue weighted by atomic mass is 35.5. The molecule has 11 nitrogen and oxygen atoms in total.